The van der Waals surface area contributed by atoms with Crippen LogP contribution in [0.25, 0.3) is 5.69 Å². The third-order valence-electron chi connectivity index (χ3n) is 2.75. The number of aromatic nitrogens is 3. The summed E-state index contributed by atoms with van der Waals surface area (Å²) < 4.78 is 20.5. The molecule has 1 heterocycles. The van der Waals surface area contributed by atoms with Crippen molar-refractivity contribution in [3.05, 3.63) is 57.5 Å². The Morgan fingerprint density at radius 2 is 2.09 bits per heavy atom. The highest BCUT2D eigenvalue weighted by Crippen LogP contribution is 2.12. The second-order valence-corrected chi connectivity index (χ2v) is 5.21. The molecule has 0 saturated heterocycles. The number of rotatable bonds is 5. The van der Waals surface area contributed by atoms with E-state index in [1.165, 1.54) is 10.9 Å². The second-order valence-electron chi connectivity index (χ2n) is 4.29. The van der Waals surface area contributed by atoms with E-state index in [0.717, 1.165) is 9.15 Å². The average molecular weight is 371 g/mol. The van der Waals surface area contributed by atoms with Gasteiger partial charge >= 0.3 is 11.8 Å². The molecule has 0 unspecified atom stereocenters. The predicted octanol–water partition coefficient (Wildman–Crippen LogP) is 1.75. The lowest BCUT2D eigenvalue weighted by molar-refractivity contribution is 0.164. The SMILES string of the molecule is NC(=O)OCC(=CF)Cn1ncn(-c2ccc(Br)cc2)c1=O. The zero-order chi connectivity index (χ0) is 16.1. The lowest BCUT2D eigenvalue weighted by Crippen LogP contribution is -2.26. The Labute approximate surface area is 132 Å². The Morgan fingerprint density at radius 1 is 1.41 bits per heavy atom. The average Bonchev–Trinajstić information content (AvgIpc) is 2.85. The van der Waals surface area contributed by atoms with Crippen LogP contribution in [0.3, 0.4) is 0 Å². The molecule has 0 spiro atoms. The van der Waals surface area contributed by atoms with Crippen molar-refractivity contribution >= 4 is 22.0 Å². The highest BCUT2D eigenvalue weighted by atomic mass is 79.9. The maximum atomic E-state index is 12.8. The summed E-state index contributed by atoms with van der Waals surface area (Å²) in [6.07, 6.45) is 0.566. The van der Waals surface area contributed by atoms with Crippen molar-refractivity contribution in [1.29, 1.82) is 0 Å². The van der Waals surface area contributed by atoms with E-state index >= 15 is 0 Å². The number of hydrogen-bond acceptors (Lipinski definition) is 4. The predicted molar refractivity (Wildman–Crippen MR) is 80.3 cm³/mol. The third kappa shape index (κ3) is 3.82. The van der Waals surface area contributed by atoms with Gasteiger partial charge in [-0.15, -0.1) is 0 Å². The van der Waals surface area contributed by atoms with Crippen LogP contribution >= 0.6 is 15.9 Å². The molecule has 0 bridgehead atoms. The van der Waals surface area contributed by atoms with E-state index < -0.39 is 11.8 Å². The summed E-state index contributed by atoms with van der Waals surface area (Å²) in [5.41, 5.74) is 5.05. The van der Waals surface area contributed by atoms with Crippen LogP contribution < -0.4 is 11.4 Å². The van der Waals surface area contributed by atoms with Crippen molar-refractivity contribution in [3.63, 3.8) is 0 Å². The van der Waals surface area contributed by atoms with Crippen LogP contribution in [0.15, 0.2) is 51.8 Å². The van der Waals surface area contributed by atoms with Crippen LogP contribution in [-0.2, 0) is 11.3 Å². The molecule has 9 heteroatoms. The Kier molecular flexibility index (Phi) is 5.10. The molecule has 0 fully saturated rings. The minimum Gasteiger partial charge on any atom is -0.445 e. The summed E-state index contributed by atoms with van der Waals surface area (Å²) in [5.74, 6) is 0. The number of primary amides is 1. The summed E-state index contributed by atoms with van der Waals surface area (Å²) in [6, 6.07) is 7.04. The number of hydrogen-bond donors (Lipinski definition) is 1. The topological polar surface area (TPSA) is 92.1 Å². The van der Waals surface area contributed by atoms with Gasteiger partial charge in [-0.25, -0.2) is 23.2 Å². The summed E-state index contributed by atoms with van der Waals surface area (Å²) >= 11 is 3.30. The lowest BCUT2D eigenvalue weighted by atomic mass is 10.3. The first-order valence-corrected chi connectivity index (χ1v) is 6.91. The van der Waals surface area contributed by atoms with Crippen LogP contribution in [0.2, 0.25) is 0 Å². The van der Waals surface area contributed by atoms with Gasteiger partial charge in [-0.1, -0.05) is 15.9 Å². The highest BCUT2D eigenvalue weighted by Gasteiger charge is 2.10. The fourth-order valence-corrected chi connectivity index (χ4v) is 1.96. The fourth-order valence-electron chi connectivity index (χ4n) is 1.69. The van der Waals surface area contributed by atoms with Gasteiger partial charge in [0.1, 0.15) is 12.9 Å². The Morgan fingerprint density at radius 3 is 2.68 bits per heavy atom. The van der Waals surface area contributed by atoms with E-state index in [1.54, 1.807) is 24.3 Å². The molecular weight excluding hydrogens is 359 g/mol. The molecule has 0 radical (unpaired) electrons. The molecule has 0 saturated carbocycles. The quantitative estimate of drug-likeness (QED) is 0.867. The van der Waals surface area contributed by atoms with Crippen molar-refractivity contribution in [2.75, 3.05) is 6.61 Å². The van der Waals surface area contributed by atoms with Crippen molar-refractivity contribution < 1.29 is 13.9 Å². The van der Waals surface area contributed by atoms with Crippen LogP contribution in [0.1, 0.15) is 0 Å². The Balaban J connectivity index is 2.19. The number of nitrogens with zero attached hydrogens (tertiary/aromatic N) is 3. The molecule has 0 aliphatic heterocycles. The molecule has 0 atom stereocenters. The number of carbonyl (C=O) groups excluding carboxylic acids is 1. The molecule has 0 aliphatic carbocycles. The van der Waals surface area contributed by atoms with Crippen LogP contribution in [0, 0.1) is 0 Å². The van der Waals surface area contributed by atoms with Gasteiger partial charge in [0.2, 0.25) is 0 Å². The van der Waals surface area contributed by atoms with Gasteiger partial charge < -0.3 is 10.5 Å². The van der Waals surface area contributed by atoms with Gasteiger partial charge in [0.25, 0.3) is 0 Å². The molecule has 2 N–H and O–H groups in total. The van der Waals surface area contributed by atoms with Crippen molar-refractivity contribution in [2.24, 2.45) is 5.73 Å². The van der Waals surface area contributed by atoms with Crippen LogP contribution in [0.5, 0.6) is 0 Å². The molecule has 2 aromatic rings. The second kappa shape index (κ2) is 7.03. The number of nitrogens with two attached hydrogens (primary N) is 1. The first-order chi connectivity index (χ1) is 10.5. The van der Waals surface area contributed by atoms with E-state index in [1.807, 2.05) is 0 Å². The molecule has 1 amide bonds. The van der Waals surface area contributed by atoms with E-state index in [-0.39, 0.29) is 25.1 Å². The largest absolute Gasteiger partial charge is 0.445 e. The number of carbonyl (C=O) groups is 1. The minimum absolute atomic E-state index is 0.0574. The lowest BCUT2D eigenvalue weighted by Gasteiger charge is -2.05. The summed E-state index contributed by atoms with van der Waals surface area (Å²) in [7, 11) is 0. The van der Waals surface area contributed by atoms with Crippen LogP contribution in [-0.4, -0.2) is 27.0 Å². The smallest absolute Gasteiger partial charge is 0.404 e. The van der Waals surface area contributed by atoms with Crippen molar-refractivity contribution in [2.45, 2.75) is 6.54 Å². The zero-order valence-corrected chi connectivity index (χ0v) is 12.9. The van der Waals surface area contributed by atoms with Gasteiger partial charge in [0.15, 0.2) is 0 Å². The minimum atomic E-state index is -1.02. The van der Waals surface area contributed by atoms with Gasteiger partial charge in [-0.3, -0.25) is 0 Å². The van der Waals surface area contributed by atoms with Gasteiger partial charge in [-0.05, 0) is 24.3 Å². The number of halogens is 2. The first-order valence-electron chi connectivity index (χ1n) is 6.12. The molecular formula is C13H12BrFN4O3. The van der Waals surface area contributed by atoms with E-state index in [0.29, 0.717) is 5.69 Å². The molecule has 2 rings (SSSR count). The molecule has 116 valence electrons. The van der Waals surface area contributed by atoms with Crippen molar-refractivity contribution in [1.82, 2.24) is 14.3 Å². The van der Waals surface area contributed by atoms with Crippen molar-refractivity contribution in [3.8, 4) is 5.69 Å². The number of amides is 1. The Bertz CT molecular complexity index is 751. The van der Waals surface area contributed by atoms with Gasteiger partial charge in [0, 0.05) is 10.0 Å². The maximum absolute atomic E-state index is 12.8. The number of benzene rings is 1. The number of ether oxygens (including phenoxy) is 1. The van der Waals surface area contributed by atoms with E-state index in [9.17, 15) is 14.0 Å². The summed E-state index contributed by atoms with van der Waals surface area (Å²) in [5, 5.41) is 3.91. The van der Waals surface area contributed by atoms with Crippen LogP contribution in [0.4, 0.5) is 9.18 Å². The zero-order valence-electron chi connectivity index (χ0n) is 11.3. The Hall–Kier alpha value is -2.42. The normalized spacial score (nSPS) is 11.5. The fraction of sp³-hybridized carbons (Fsp3) is 0.154. The molecule has 7 nitrogen and oxygen atoms in total. The van der Waals surface area contributed by atoms with Gasteiger partial charge in [-0.2, -0.15) is 5.10 Å². The highest BCUT2D eigenvalue weighted by molar-refractivity contribution is 9.10. The summed E-state index contributed by atoms with van der Waals surface area (Å²) in [6.45, 7) is -0.491. The molecule has 1 aromatic carbocycles. The molecule has 0 aliphatic rings. The summed E-state index contributed by atoms with van der Waals surface area (Å²) in [4.78, 5) is 22.7. The maximum Gasteiger partial charge on any atom is 0.404 e. The van der Waals surface area contributed by atoms with E-state index in [4.69, 9.17) is 5.73 Å². The molecule has 1 aromatic heterocycles. The standard InChI is InChI=1S/C13H12BrFN4O3/c14-10-1-3-11(4-2-10)18-8-17-19(13(18)21)6-9(5-15)7-22-12(16)20/h1-5,8H,6-7H2,(H2,16,20). The van der Waals surface area contributed by atoms with E-state index in [2.05, 4.69) is 25.8 Å². The first kappa shape index (κ1) is 16.0. The third-order valence-corrected chi connectivity index (χ3v) is 3.27. The molecule has 22 heavy (non-hydrogen) atoms. The monoisotopic (exact) mass is 370 g/mol. The van der Waals surface area contributed by atoms with Gasteiger partial charge in [0.05, 0.1) is 18.6 Å².